The summed E-state index contributed by atoms with van der Waals surface area (Å²) in [5.41, 5.74) is 1.61. The lowest BCUT2D eigenvalue weighted by Gasteiger charge is -2.34. The molecule has 0 saturated carbocycles. The molecule has 3 aromatic carbocycles. The minimum Gasteiger partial charge on any atom is -0.493 e. The highest BCUT2D eigenvalue weighted by atomic mass is 35.5. The van der Waals surface area contributed by atoms with Gasteiger partial charge in [-0.1, -0.05) is 60.8 Å². The Hall–Kier alpha value is -3.47. The van der Waals surface area contributed by atoms with Crippen LogP contribution in [0.4, 0.5) is 5.69 Å². The van der Waals surface area contributed by atoms with Crippen LogP contribution in [0.25, 0.3) is 0 Å². The van der Waals surface area contributed by atoms with Gasteiger partial charge in [0.2, 0.25) is 11.8 Å². The number of aryl methyl sites for hydroxylation is 1. The van der Waals surface area contributed by atoms with Crippen LogP contribution >= 0.6 is 23.2 Å². The van der Waals surface area contributed by atoms with Crippen LogP contribution in [-0.4, -0.2) is 58.0 Å². The van der Waals surface area contributed by atoms with Crippen LogP contribution < -0.4 is 19.1 Å². The Morgan fingerprint density at radius 3 is 2.14 bits per heavy atom. The molecule has 0 saturated heterocycles. The first-order valence-corrected chi connectivity index (χ1v) is 16.4. The molecule has 2 amide bonds. The Balaban J connectivity index is 2.14. The number of nitrogens with zero attached hydrogens (tertiary/aromatic N) is 2. The van der Waals surface area contributed by atoms with Crippen molar-refractivity contribution in [2.24, 2.45) is 0 Å². The molecule has 0 aliphatic heterocycles. The van der Waals surface area contributed by atoms with E-state index in [1.54, 1.807) is 43.3 Å². The van der Waals surface area contributed by atoms with Gasteiger partial charge < -0.3 is 19.7 Å². The lowest BCUT2D eigenvalue weighted by Crippen LogP contribution is -2.53. The number of sulfonamides is 1. The number of methoxy groups -OCH3 is 2. The van der Waals surface area contributed by atoms with Crippen molar-refractivity contribution in [3.63, 3.8) is 0 Å². The molecule has 0 heterocycles. The topological polar surface area (TPSA) is 105 Å². The Kier molecular flexibility index (Phi) is 12.3. The second-order valence-corrected chi connectivity index (χ2v) is 13.1. The number of hydrogen-bond acceptors (Lipinski definition) is 6. The van der Waals surface area contributed by atoms with E-state index < -0.39 is 28.5 Å². The Labute approximate surface area is 270 Å². The summed E-state index contributed by atoms with van der Waals surface area (Å²) in [4.78, 5) is 29.1. The average molecular weight is 665 g/mol. The fourth-order valence-corrected chi connectivity index (χ4v) is 6.41. The molecular weight excluding hydrogens is 625 g/mol. The second-order valence-electron chi connectivity index (χ2n) is 10.4. The Morgan fingerprint density at radius 1 is 0.909 bits per heavy atom. The van der Waals surface area contributed by atoms with E-state index in [2.05, 4.69) is 5.32 Å². The van der Waals surface area contributed by atoms with Crippen LogP contribution in [0.2, 0.25) is 10.0 Å². The number of anilines is 1. The molecule has 0 aliphatic rings. The van der Waals surface area contributed by atoms with Crippen LogP contribution in [0, 0.1) is 6.92 Å². The normalized spacial score (nSPS) is 12.6. The third kappa shape index (κ3) is 8.37. The summed E-state index contributed by atoms with van der Waals surface area (Å²) in [6.07, 6.45) is 0.974. The van der Waals surface area contributed by atoms with Gasteiger partial charge in [0.05, 0.1) is 24.8 Å². The smallest absolute Gasteiger partial charge is 0.264 e. The lowest BCUT2D eigenvalue weighted by molar-refractivity contribution is -0.140. The van der Waals surface area contributed by atoms with Crippen molar-refractivity contribution in [1.82, 2.24) is 10.2 Å². The van der Waals surface area contributed by atoms with Crippen LogP contribution in [-0.2, 0) is 26.2 Å². The van der Waals surface area contributed by atoms with E-state index in [1.807, 2.05) is 20.8 Å². The van der Waals surface area contributed by atoms with E-state index in [0.29, 0.717) is 27.8 Å². The van der Waals surface area contributed by atoms with E-state index in [4.69, 9.17) is 32.7 Å². The minimum atomic E-state index is -4.26. The number of hydrogen-bond donors (Lipinski definition) is 1. The van der Waals surface area contributed by atoms with Gasteiger partial charge in [-0.25, -0.2) is 8.42 Å². The van der Waals surface area contributed by atoms with Gasteiger partial charge in [0.1, 0.15) is 12.6 Å². The second kappa shape index (κ2) is 15.5. The van der Waals surface area contributed by atoms with Crippen LogP contribution in [0.15, 0.2) is 65.6 Å². The molecule has 3 aromatic rings. The molecule has 3 rings (SSSR count). The summed E-state index contributed by atoms with van der Waals surface area (Å²) >= 11 is 12.6. The van der Waals surface area contributed by atoms with Gasteiger partial charge in [-0.3, -0.25) is 13.9 Å². The fraction of sp³-hybridized carbons (Fsp3) is 0.375. The van der Waals surface area contributed by atoms with Gasteiger partial charge >= 0.3 is 0 Å². The van der Waals surface area contributed by atoms with Crippen molar-refractivity contribution in [2.45, 2.75) is 64.1 Å². The molecule has 9 nitrogen and oxygen atoms in total. The SMILES string of the molecule is CC[C@@H](C)NC(=O)[C@@H](CC)N(Cc1ccc(Cl)cc1Cl)C(=O)CN(c1ccc(OC)c(OC)c1)S(=O)(=O)c1ccc(C)cc1. The predicted octanol–water partition coefficient (Wildman–Crippen LogP) is 6.24. The first-order valence-electron chi connectivity index (χ1n) is 14.2. The summed E-state index contributed by atoms with van der Waals surface area (Å²) in [7, 11) is -1.36. The summed E-state index contributed by atoms with van der Waals surface area (Å²) in [6.45, 7) is 6.80. The van der Waals surface area contributed by atoms with Crippen molar-refractivity contribution in [3.8, 4) is 11.5 Å². The molecule has 0 radical (unpaired) electrons. The standard InChI is InChI=1S/C32H39Cl2N3O6S/c1-7-22(4)35-32(39)28(8-2)36(19-23-11-12-24(33)17-27(23)34)31(38)20-37(25-13-16-29(42-5)30(18-25)43-6)44(40,41)26-14-9-21(3)10-15-26/h9-18,22,28H,7-8,19-20H2,1-6H3,(H,35,39)/t22-,28-/m1/s1. The number of amides is 2. The van der Waals surface area contributed by atoms with Gasteiger partial charge in [-0.15, -0.1) is 0 Å². The van der Waals surface area contributed by atoms with Gasteiger partial charge in [0, 0.05) is 28.7 Å². The van der Waals surface area contributed by atoms with Gasteiger partial charge in [0.15, 0.2) is 11.5 Å². The highest BCUT2D eigenvalue weighted by Crippen LogP contribution is 2.34. The fourth-order valence-electron chi connectivity index (χ4n) is 4.54. The predicted molar refractivity (Wildman–Crippen MR) is 174 cm³/mol. The number of nitrogens with one attached hydrogen (secondary N) is 1. The zero-order chi connectivity index (χ0) is 32.6. The first kappa shape index (κ1) is 35.0. The number of halogens is 2. The highest BCUT2D eigenvalue weighted by Gasteiger charge is 2.34. The van der Waals surface area contributed by atoms with Crippen LogP contribution in [0.3, 0.4) is 0 Å². The molecule has 0 aliphatic carbocycles. The summed E-state index contributed by atoms with van der Waals surface area (Å²) < 4.78 is 40.0. The van der Waals surface area contributed by atoms with Crippen molar-refractivity contribution >= 4 is 50.7 Å². The maximum absolute atomic E-state index is 14.3. The molecule has 0 aromatic heterocycles. The number of ether oxygens (including phenoxy) is 2. The average Bonchev–Trinajstić information content (AvgIpc) is 3.00. The van der Waals surface area contributed by atoms with Crippen molar-refractivity contribution in [3.05, 3.63) is 81.8 Å². The van der Waals surface area contributed by atoms with E-state index in [9.17, 15) is 18.0 Å². The Bertz CT molecular complexity index is 1570. The van der Waals surface area contributed by atoms with E-state index in [-0.39, 0.29) is 41.2 Å². The van der Waals surface area contributed by atoms with Gasteiger partial charge in [-0.05, 0) is 68.7 Å². The van der Waals surface area contributed by atoms with Crippen molar-refractivity contribution in [2.75, 3.05) is 25.1 Å². The van der Waals surface area contributed by atoms with Crippen molar-refractivity contribution < 1.29 is 27.5 Å². The molecule has 44 heavy (non-hydrogen) atoms. The number of rotatable bonds is 14. The van der Waals surface area contributed by atoms with Crippen molar-refractivity contribution in [1.29, 1.82) is 0 Å². The first-order chi connectivity index (χ1) is 20.9. The Morgan fingerprint density at radius 2 is 1.57 bits per heavy atom. The summed E-state index contributed by atoms with van der Waals surface area (Å²) in [6, 6.07) is 14.8. The van der Waals surface area contributed by atoms with E-state index in [1.165, 1.54) is 43.4 Å². The minimum absolute atomic E-state index is 0.000430. The molecule has 0 fully saturated rings. The maximum Gasteiger partial charge on any atom is 0.264 e. The molecule has 0 bridgehead atoms. The highest BCUT2D eigenvalue weighted by molar-refractivity contribution is 7.92. The van der Waals surface area contributed by atoms with E-state index >= 15 is 0 Å². The molecule has 2 atom stereocenters. The molecule has 0 unspecified atom stereocenters. The zero-order valence-corrected chi connectivity index (χ0v) is 28.1. The summed E-state index contributed by atoms with van der Waals surface area (Å²) in [5.74, 6) is -0.278. The van der Waals surface area contributed by atoms with Gasteiger partial charge in [-0.2, -0.15) is 0 Å². The van der Waals surface area contributed by atoms with Crippen LogP contribution in [0.1, 0.15) is 44.7 Å². The largest absolute Gasteiger partial charge is 0.493 e. The van der Waals surface area contributed by atoms with E-state index in [0.717, 1.165) is 9.87 Å². The molecule has 0 spiro atoms. The monoisotopic (exact) mass is 663 g/mol. The third-order valence-electron chi connectivity index (χ3n) is 7.29. The zero-order valence-electron chi connectivity index (χ0n) is 25.8. The molecule has 238 valence electrons. The number of carbonyl (C=O) groups is 2. The number of carbonyl (C=O) groups excluding carboxylic acids is 2. The quantitative estimate of drug-likeness (QED) is 0.219. The van der Waals surface area contributed by atoms with Gasteiger partial charge in [0.25, 0.3) is 10.0 Å². The molecule has 12 heteroatoms. The molecular formula is C32H39Cl2N3O6S. The van der Waals surface area contributed by atoms with Crippen LogP contribution in [0.5, 0.6) is 11.5 Å². The molecule has 1 N–H and O–H groups in total. The lowest BCUT2D eigenvalue weighted by atomic mass is 10.1. The summed E-state index contributed by atoms with van der Waals surface area (Å²) in [5, 5.41) is 3.69. The number of benzene rings is 3. The maximum atomic E-state index is 14.3. The third-order valence-corrected chi connectivity index (χ3v) is 9.66.